The van der Waals surface area contributed by atoms with Crippen molar-refractivity contribution in [3.63, 3.8) is 0 Å². The van der Waals surface area contributed by atoms with Gasteiger partial charge in [-0.1, -0.05) is 0 Å². The second kappa shape index (κ2) is 5.11. The zero-order valence-corrected chi connectivity index (χ0v) is 10.3. The summed E-state index contributed by atoms with van der Waals surface area (Å²) in [6.45, 7) is 3.32. The van der Waals surface area contributed by atoms with Crippen molar-refractivity contribution in [3.05, 3.63) is 0 Å². The van der Waals surface area contributed by atoms with Gasteiger partial charge in [0.2, 0.25) is 0 Å². The molecule has 3 unspecified atom stereocenters. The molecule has 0 aromatic rings. The summed E-state index contributed by atoms with van der Waals surface area (Å²) in [6, 6.07) is -1.32. The summed E-state index contributed by atoms with van der Waals surface area (Å²) in [4.78, 5) is 26.2. The van der Waals surface area contributed by atoms with Gasteiger partial charge in [-0.05, 0) is 6.92 Å². The Morgan fingerprint density at radius 1 is 1.33 bits per heavy atom. The smallest absolute Gasteiger partial charge is 0.326 e. The largest absolute Gasteiger partial charge is 0.480 e. The number of carboxylic acid groups (broad SMARTS) is 1. The molecule has 2 N–H and O–H groups in total. The maximum Gasteiger partial charge on any atom is 0.326 e. The molecule has 2 rings (SSSR count). The lowest BCUT2D eigenvalue weighted by Gasteiger charge is -2.37. The summed E-state index contributed by atoms with van der Waals surface area (Å²) >= 11 is 0. The Labute approximate surface area is 105 Å². The molecule has 2 heterocycles. The van der Waals surface area contributed by atoms with E-state index in [1.807, 2.05) is 6.92 Å². The van der Waals surface area contributed by atoms with E-state index >= 15 is 0 Å². The number of urea groups is 1. The van der Waals surface area contributed by atoms with Gasteiger partial charge in [0.25, 0.3) is 0 Å². The lowest BCUT2D eigenvalue weighted by Crippen LogP contribution is -2.54. The summed E-state index contributed by atoms with van der Waals surface area (Å²) in [6.07, 6.45) is -0.661. The van der Waals surface area contributed by atoms with Gasteiger partial charge < -0.3 is 24.7 Å². The third-order valence-corrected chi connectivity index (χ3v) is 3.42. The van der Waals surface area contributed by atoms with E-state index in [4.69, 9.17) is 9.84 Å². The minimum atomic E-state index is -1.07. The van der Waals surface area contributed by atoms with E-state index in [9.17, 15) is 14.7 Å². The predicted molar refractivity (Wildman–Crippen MR) is 61.1 cm³/mol. The monoisotopic (exact) mass is 258 g/mol. The van der Waals surface area contributed by atoms with Crippen LogP contribution in [0.3, 0.4) is 0 Å². The van der Waals surface area contributed by atoms with Gasteiger partial charge in [0.05, 0.1) is 25.4 Å². The summed E-state index contributed by atoms with van der Waals surface area (Å²) in [5.74, 6) is -1.07. The zero-order chi connectivity index (χ0) is 13.3. The van der Waals surface area contributed by atoms with Crippen molar-refractivity contribution in [2.24, 2.45) is 0 Å². The van der Waals surface area contributed by atoms with Gasteiger partial charge in [-0.25, -0.2) is 9.59 Å². The quantitative estimate of drug-likeness (QED) is 0.652. The molecule has 7 heteroatoms. The fraction of sp³-hybridized carbons (Fsp3) is 0.818. The molecule has 2 aliphatic heterocycles. The average molecular weight is 258 g/mol. The highest BCUT2D eigenvalue weighted by Gasteiger charge is 2.41. The molecule has 2 fully saturated rings. The molecule has 2 saturated heterocycles. The van der Waals surface area contributed by atoms with E-state index in [0.717, 1.165) is 0 Å². The topological polar surface area (TPSA) is 90.3 Å². The predicted octanol–water partition coefficient (Wildman–Crippen LogP) is -0.653. The lowest BCUT2D eigenvalue weighted by molar-refractivity contribution is -0.141. The number of carbonyl (C=O) groups is 2. The van der Waals surface area contributed by atoms with E-state index < -0.39 is 18.1 Å². The maximum atomic E-state index is 12.3. The fourth-order valence-corrected chi connectivity index (χ4v) is 2.44. The first kappa shape index (κ1) is 13.1. The molecular weight excluding hydrogens is 240 g/mol. The Morgan fingerprint density at radius 2 is 2.06 bits per heavy atom. The first-order valence-electron chi connectivity index (χ1n) is 6.06. The fourth-order valence-electron chi connectivity index (χ4n) is 2.44. The first-order chi connectivity index (χ1) is 8.50. The highest BCUT2D eigenvalue weighted by Crippen LogP contribution is 2.21. The number of aliphatic hydroxyl groups excluding tert-OH is 1. The lowest BCUT2D eigenvalue weighted by atomic mass is 10.2. The molecule has 0 spiro atoms. The van der Waals surface area contributed by atoms with Gasteiger partial charge in [-0.15, -0.1) is 0 Å². The Morgan fingerprint density at radius 3 is 2.67 bits per heavy atom. The van der Waals surface area contributed by atoms with Crippen molar-refractivity contribution in [2.45, 2.75) is 31.5 Å². The number of rotatable bonds is 1. The zero-order valence-electron chi connectivity index (χ0n) is 10.3. The summed E-state index contributed by atoms with van der Waals surface area (Å²) in [5, 5.41) is 18.6. The number of hydrogen-bond acceptors (Lipinski definition) is 4. The molecule has 2 amide bonds. The number of aliphatic hydroxyl groups is 1. The number of nitrogens with zero attached hydrogens (tertiary/aromatic N) is 2. The summed E-state index contributed by atoms with van der Waals surface area (Å²) < 4.78 is 5.24. The van der Waals surface area contributed by atoms with Crippen LogP contribution in [0.5, 0.6) is 0 Å². The normalized spacial score (nSPS) is 32.7. The van der Waals surface area contributed by atoms with E-state index in [0.29, 0.717) is 19.8 Å². The van der Waals surface area contributed by atoms with Crippen LogP contribution in [0, 0.1) is 0 Å². The SMILES string of the molecule is CC1COCCN1C(=O)N1CC(O)CC1C(=O)O. The van der Waals surface area contributed by atoms with E-state index in [-0.39, 0.29) is 25.0 Å². The minimum Gasteiger partial charge on any atom is -0.480 e. The number of carboxylic acids is 1. The van der Waals surface area contributed by atoms with Crippen LogP contribution in [0.15, 0.2) is 0 Å². The van der Waals surface area contributed by atoms with Crippen LogP contribution in [-0.4, -0.2) is 76.5 Å². The molecule has 0 saturated carbocycles. The number of hydrogen-bond donors (Lipinski definition) is 2. The van der Waals surface area contributed by atoms with Gasteiger partial charge in [0, 0.05) is 19.5 Å². The van der Waals surface area contributed by atoms with E-state index in [1.54, 1.807) is 4.90 Å². The average Bonchev–Trinajstić information content (AvgIpc) is 2.71. The third kappa shape index (κ3) is 2.41. The third-order valence-electron chi connectivity index (χ3n) is 3.42. The molecule has 3 atom stereocenters. The van der Waals surface area contributed by atoms with Crippen molar-refractivity contribution in [3.8, 4) is 0 Å². The molecule has 102 valence electrons. The maximum absolute atomic E-state index is 12.3. The van der Waals surface area contributed by atoms with Crippen molar-refractivity contribution in [1.82, 2.24) is 9.80 Å². The van der Waals surface area contributed by atoms with Crippen molar-refractivity contribution >= 4 is 12.0 Å². The second-order valence-corrected chi connectivity index (χ2v) is 4.80. The van der Waals surface area contributed by atoms with Crippen molar-refractivity contribution < 1.29 is 24.5 Å². The Bertz CT molecular complexity index is 348. The van der Waals surface area contributed by atoms with Crippen LogP contribution in [0.25, 0.3) is 0 Å². The van der Waals surface area contributed by atoms with Gasteiger partial charge in [0.15, 0.2) is 0 Å². The number of ether oxygens (including phenoxy) is 1. The van der Waals surface area contributed by atoms with Crippen LogP contribution in [-0.2, 0) is 9.53 Å². The number of amides is 2. The van der Waals surface area contributed by atoms with Gasteiger partial charge in [-0.2, -0.15) is 0 Å². The molecule has 2 aliphatic rings. The summed E-state index contributed by atoms with van der Waals surface area (Å²) in [5.41, 5.74) is 0. The van der Waals surface area contributed by atoms with Gasteiger partial charge in [-0.3, -0.25) is 0 Å². The van der Waals surface area contributed by atoms with E-state index in [2.05, 4.69) is 0 Å². The molecule has 0 radical (unpaired) electrons. The molecule has 0 aromatic heterocycles. The Balaban J connectivity index is 2.09. The number of β-amino-alcohol motifs (C(OH)–C–C–N with tert-alkyl or cyclic N) is 1. The van der Waals surface area contributed by atoms with Crippen LogP contribution in [0.4, 0.5) is 4.79 Å². The highest BCUT2D eigenvalue weighted by molar-refractivity contribution is 5.83. The standard InChI is InChI=1S/C11H18N2O5/c1-7-6-18-3-2-12(7)11(17)13-5-8(14)4-9(13)10(15)16/h7-9,14H,2-6H2,1H3,(H,15,16). The minimum absolute atomic E-state index is 0.0709. The number of likely N-dealkylation sites (tertiary alicyclic amines) is 1. The summed E-state index contributed by atoms with van der Waals surface area (Å²) in [7, 11) is 0. The molecule has 18 heavy (non-hydrogen) atoms. The molecule has 0 aromatic carbocycles. The molecule has 0 aliphatic carbocycles. The highest BCUT2D eigenvalue weighted by atomic mass is 16.5. The number of morpholine rings is 1. The number of carbonyl (C=O) groups excluding carboxylic acids is 1. The Kier molecular flexibility index (Phi) is 3.72. The Hall–Kier alpha value is -1.34. The van der Waals surface area contributed by atoms with Crippen molar-refractivity contribution in [1.29, 1.82) is 0 Å². The van der Waals surface area contributed by atoms with Gasteiger partial charge in [0.1, 0.15) is 6.04 Å². The molecular formula is C11H18N2O5. The number of aliphatic carboxylic acids is 1. The molecule has 0 bridgehead atoms. The van der Waals surface area contributed by atoms with Crippen LogP contribution >= 0.6 is 0 Å². The molecule has 7 nitrogen and oxygen atoms in total. The first-order valence-corrected chi connectivity index (χ1v) is 6.06. The second-order valence-electron chi connectivity index (χ2n) is 4.80. The van der Waals surface area contributed by atoms with Crippen LogP contribution < -0.4 is 0 Å². The van der Waals surface area contributed by atoms with Crippen molar-refractivity contribution in [2.75, 3.05) is 26.3 Å². The van der Waals surface area contributed by atoms with Crippen LogP contribution in [0.1, 0.15) is 13.3 Å². The van der Waals surface area contributed by atoms with E-state index in [1.165, 1.54) is 4.90 Å². The van der Waals surface area contributed by atoms with Crippen LogP contribution in [0.2, 0.25) is 0 Å². The van der Waals surface area contributed by atoms with Gasteiger partial charge >= 0.3 is 12.0 Å².